The quantitative estimate of drug-likeness (QED) is 0.392. The molecule has 0 unspecified atom stereocenters. The smallest absolute Gasteiger partial charge is 0.0187 e. The third-order valence-corrected chi connectivity index (χ3v) is 6.51. The second-order valence-corrected chi connectivity index (χ2v) is 7.82. The van der Waals surface area contributed by atoms with E-state index in [1.807, 2.05) is 0 Å². The minimum atomic E-state index is 0.0462. The van der Waals surface area contributed by atoms with Gasteiger partial charge in [0.25, 0.3) is 0 Å². The van der Waals surface area contributed by atoms with E-state index in [-0.39, 0.29) is 5.41 Å². The van der Waals surface area contributed by atoms with Crippen molar-refractivity contribution in [1.29, 1.82) is 0 Å². The maximum Gasteiger partial charge on any atom is 0.0187 e. The van der Waals surface area contributed by atoms with Gasteiger partial charge in [0.1, 0.15) is 0 Å². The van der Waals surface area contributed by atoms with Crippen molar-refractivity contribution in [2.45, 2.75) is 11.8 Å². The zero-order chi connectivity index (χ0) is 14.6. The first kappa shape index (κ1) is 16.7. The van der Waals surface area contributed by atoms with Gasteiger partial charge < -0.3 is 0 Å². The number of rotatable bonds is 5. The Labute approximate surface area is 153 Å². The van der Waals surface area contributed by atoms with Crippen molar-refractivity contribution in [2.24, 2.45) is 0 Å². The number of hydrogen-bond donors (Lipinski definition) is 0. The van der Waals surface area contributed by atoms with Gasteiger partial charge in [-0.1, -0.05) is 88.0 Å². The summed E-state index contributed by atoms with van der Waals surface area (Å²) in [4.78, 5) is 0. The zero-order valence-corrected chi connectivity index (χ0v) is 17.1. The van der Waals surface area contributed by atoms with E-state index in [0.717, 1.165) is 26.0 Å². The van der Waals surface area contributed by atoms with Crippen LogP contribution in [0, 0.1) is 0 Å². The van der Waals surface area contributed by atoms with Crippen LogP contribution in [0.25, 0.3) is 0 Å². The Morgan fingerprint density at radius 1 is 0.800 bits per heavy atom. The van der Waals surface area contributed by atoms with Gasteiger partial charge in [0, 0.05) is 25.0 Å². The normalized spacial score (nSPS) is 11.6. The summed E-state index contributed by atoms with van der Waals surface area (Å²) in [5.74, 6) is 0. The van der Waals surface area contributed by atoms with Crippen LogP contribution in [-0.2, 0) is 11.8 Å². The first-order chi connectivity index (χ1) is 9.59. The molecule has 0 saturated heterocycles. The fourth-order valence-electron chi connectivity index (χ4n) is 2.24. The van der Waals surface area contributed by atoms with Gasteiger partial charge in [0.05, 0.1) is 0 Å². The highest BCUT2D eigenvalue weighted by atomic mass is 79.9. The summed E-state index contributed by atoms with van der Waals surface area (Å²) in [7, 11) is 0. The van der Waals surface area contributed by atoms with Gasteiger partial charge >= 0.3 is 0 Å². The lowest BCUT2D eigenvalue weighted by Crippen LogP contribution is -2.33. The molecule has 4 heteroatoms. The molecule has 0 fully saturated rings. The van der Waals surface area contributed by atoms with Gasteiger partial charge in [-0.15, -0.1) is 0 Å². The van der Waals surface area contributed by atoms with Crippen LogP contribution in [0.15, 0.2) is 57.5 Å². The van der Waals surface area contributed by atoms with Gasteiger partial charge in [-0.2, -0.15) is 0 Å². The highest BCUT2D eigenvalue weighted by molar-refractivity contribution is 9.11. The van der Waals surface area contributed by atoms with Crippen LogP contribution in [0.5, 0.6) is 0 Å². The standard InChI is InChI=1S/C16H14Br4/c17-10-16(11-18,13-4-2-6-15(20)8-13)9-12-3-1-5-14(19)7-12/h1-8H,9-11H2. The molecule has 0 bridgehead atoms. The average Bonchev–Trinajstić information content (AvgIpc) is 2.45. The predicted molar refractivity (Wildman–Crippen MR) is 101 cm³/mol. The van der Waals surface area contributed by atoms with Crippen LogP contribution < -0.4 is 0 Å². The molecule has 0 aliphatic carbocycles. The van der Waals surface area contributed by atoms with E-state index in [0.29, 0.717) is 0 Å². The predicted octanol–water partition coefficient (Wildman–Crippen LogP) is 6.48. The van der Waals surface area contributed by atoms with E-state index >= 15 is 0 Å². The maximum absolute atomic E-state index is 3.71. The molecule has 0 aromatic heterocycles. The Morgan fingerprint density at radius 3 is 1.95 bits per heavy atom. The minimum absolute atomic E-state index is 0.0462. The molecular formula is C16H14Br4. The first-order valence-electron chi connectivity index (χ1n) is 6.22. The lowest BCUT2D eigenvalue weighted by molar-refractivity contribution is 0.550. The van der Waals surface area contributed by atoms with E-state index in [9.17, 15) is 0 Å². The fourth-order valence-corrected chi connectivity index (χ4v) is 5.06. The van der Waals surface area contributed by atoms with Crippen LogP contribution in [0.3, 0.4) is 0 Å². The van der Waals surface area contributed by atoms with Gasteiger partial charge in [-0.3, -0.25) is 0 Å². The second-order valence-electron chi connectivity index (χ2n) is 4.86. The molecule has 0 saturated carbocycles. The third-order valence-electron chi connectivity index (χ3n) is 3.38. The van der Waals surface area contributed by atoms with E-state index in [4.69, 9.17) is 0 Å². The molecule has 0 amide bonds. The van der Waals surface area contributed by atoms with Gasteiger partial charge in [0.2, 0.25) is 0 Å². The van der Waals surface area contributed by atoms with Crippen LogP contribution in [0.2, 0.25) is 0 Å². The minimum Gasteiger partial charge on any atom is -0.0918 e. The molecule has 106 valence electrons. The Kier molecular flexibility index (Phi) is 6.33. The SMILES string of the molecule is BrCC(CBr)(Cc1cccc(Br)c1)c1cccc(Br)c1. The fraction of sp³-hybridized carbons (Fsp3) is 0.250. The van der Waals surface area contributed by atoms with Gasteiger partial charge in [-0.05, 0) is 41.8 Å². The zero-order valence-electron chi connectivity index (χ0n) is 10.8. The monoisotopic (exact) mass is 522 g/mol. The number of hydrogen-bond acceptors (Lipinski definition) is 0. The van der Waals surface area contributed by atoms with Crippen molar-refractivity contribution in [3.05, 3.63) is 68.6 Å². The molecule has 0 nitrogen and oxygen atoms in total. The molecule has 2 aromatic carbocycles. The van der Waals surface area contributed by atoms with Crippen molar-refractivity contribution in [2.75, 3.05) is 10.7 Å². The number of alkyl halides is 2. The molecule has 0 aliphatic rings. The Morgan fingerprint density at radius 2 is 1.40 bits per heavy atom. The summed E-state index contributed by atoms with van der Waals surface area (Å²) in [5, 5.41) is 1.82. The summed E-state index contributed by atoms with van der Waals surface area (Å²) >= 11 is 14.5. The van der Waals surface area contributed by atoms with Crippen molar-refractivity contribution in [1.82, 2.24) is 0 Å². The summed E-state index contributed by atoms with van der Waals surface area (Å²) in [6.07, 6.45) is 0.986. The van der Waals surface area contributed by atoms with E-state index < -0.39 is 0 Å². The highest BCUT2D eigenvalue weighted by Gasteiger charge is 2.30. The summed E-state index contributed by atoms with van der Waals surface area (Å²) in [6, 6.07) is 17.1. The Hall–Kier alpha value is 0.360. The summed E-state index contributed by atoms with van der Waals surface area (Å²) < 4.78 is 2.25. The van der Waals surface area contributed by atoms with E-state index in [2.05, 4.69) is 112 Å². The molecule has 2 rings (SSSR count). The molecule has 0 atom stereocenters. The molecule has 0 aliphatic heterocycles. The van der Waals surface area contributed by atoms with Crippen molar-refractivity contribution < 1.29 is 0 Å². The first-order valence-corrected chi connectivity index (χ1v) is 10.0. The van der Waals surface area contributed by atoms with Crippen LogP contribution in [-0.4, -0.2) is 10.7 Å². The third kappa shape index (κ3) is 3.96. The van der Waals surface area contributed by atoms with Gasteiger partial charge in [0.15, 0.2) is 0 Å². The molecule has 20 heavy (non-hydrogen) atoms. The van der Waals surface area contributed by atoms with Crippen molar-refractivity contribution in [3.63, 3.8) is 0 Å². The van der Waals surface area contributed by atoms with E-state index in [1.54, 1.807) is 0 Å². The van der Waals surface area contributed by atoms with Crippen LogP contribution in [0.4, 0.5) is 0 Å². The Bertz CT molecular complexity index is 576. The largest absolute Gasteiger partial charge is 0.0918 e. The topological polar surface area (TPSA) is 0 Å². The molecule has 0 heterocycles. The lowest BCUT2D eigenvalue weighted by atomic mass is 9.79. The maximum atomic E-state index is 3.71. The summed E-state index contributed by atoms with van der Waals surface area (Å²) in [5.41, 5.74) is 2.71. The lowest BCUT2D eigenvalue weighted by Gasteiger charge is -2.31. The van der Waals surface area contributed by atoms with E-state index in [1.165, 1.54) is 11.1 Å². The molecule has 0 spiro atoms. The van der Waals surface area contributed by atoms with Crippen molar-refractivity contribution in [3.8, 4) is 0 Å². The number of benzene rings is 2. The second kappa shape index (κ2) is 7.57. The van der Waals surface area contributed by atoms with Crippen LogP contribution in [0.1, 0.15) is 11.1 Å². The molecule has 0 radical (unpaired) electrons. The van der Waals surface area contributed by atoms with Crippen molar-refractivity contribution >= 4 is 63.7 Å². The number of halogens is 4. The highest BCUT2D eigenvalue weighted by Crippen LogP contribution is 2.34. The molecular weight excluding hydrogens is 512 g/mol. The molecule has 2 aromatic rings. The van der Waals surface area contributed by atoms with Gasteiger partial charge in [-0.25, -0.2) is 0 Å². The average molecular weight is 526 g/mol. The van der Waals surface area contributed by atoms with Crippen LogP contribution >= 0.6 is 63.7 Å². The summed E-state index contributed by atoms with van der Waals surface area (Å²) in [6.45, 7) is 0. The Balaban J connectivity index is 2.39. The molecule has 0 N–H and O–H groups in total.